The highest BCUT2D eigenvalue weighted by Crippen LogP contribution is 2.30. The molecule has 1 aromatic carbocycles. The van der Waals surface area contributed by atoms with Gasteiger partial charge < -0.3 is 9.84 Å². The highest BCUT2D eigenvalue weighted by Gasteiger charge is 2.17. The number of aromatic carboxylic acids is 1. The first-order chi connectivity index (χ1) is 7.56. The number of carboxylic acids is 1. The topological polar surface area (TPSA) is 64.3 Å². The van der Waals surface area contributed by atoms with Crippen LogP contribution in [0.4, 0.5) is 0 Å². The van der Waals surface area contributed by atoms with Crippen LogP contribution in [0.25, 0.3) is 10.9 Å². The van der Waals surface area contributed by atoms with E-state index in [1.165, 1.54) is 6.07 Å². The summed E-state index contributed by atoms with van der Waals surface area (Å²) in [5.74, 6) is -0.318. The van der Waals surface area contributed by atoms with Crippen molar-refractivity contribution in [3.63, 3.8) is 0 Å². The summed E-state index contributed by atoms with van der Waals surface area (Å²) in [7, 11) is 3.28. The second kappa shape index (κ2) is 3.52. The standard InChI is InChI=1S/C11H12N2O3/c1-6-9-8(16-3)5-4-7(11(14)15)10(9)13(2)12-6/h4-5H,1-3H3,(H,14,15). The summed E-state index contributed by atoms with van der Waals surface area (Å²) in [5.41, 5.74) is 1.58. The molecule has 2 rings (SSSR count). The van der Waals surface area contributed by atoms with Crippen molar-refractivity contribution in [3.05, 3.63) is 23.4 Å². The molecule has 1 aromatic heterocycles. The molecule has 1 N–H and O–H groups in total. The largest absolute Gasteiger partial charge is 0.496 e. The van der Waals surface area contributed by atoms with E-state index in [1.807, 2.05) is 6.92 Å². The first kappa shape index (κ1) is 10.5. The van der Waals surface area contributed by atoms with Gasteiger partial charge in [-0.15, -0.1) is 0 Å². The van der Waals surface area contributed by atoms with Gasteiger partial charge in [-0.3, -0.25) is 4.68 Å². The third-order valence-electron chi connectivity index (χ3n) is 2.58. The predicted molar refractivity (Wildman–Crippen MR) is 59.0 cm³/mol. The SMILES string of the molecule is COc1ccc(C(=O)O)c2c1c(C)nn2C. The van der Waals surface area contributed by atoms with Gasteiger partial charge >= 0.3 is 5.97 Å². The average Bonchev–Trinajstić information content (AvgIpc) is 2.54. The molecular formula is C11H12N2O3. The number of hydrogen-bond donors (Lipinski definition) is 1. The van der Waals surface area contributed by atoms with Crippen molar-refractivity contribution < 1.29 is 14.6 Å². The average molecular weight is 220 g/mol. The minimum absolute atomic E-state index is 0.235. The molecule has 0 unspecified atom stereocenters. The number of carbonyl (C=O) groups is 1. The van der Waals surface area contributed by atoms with Crippen LogP contribution in [0, 0.1) is 6.92 Å². The maximum absolute atomic E-state index is 11.1. The van der Waals surface area contributed by atoms with Crippen LogP contribution in [0.2, 0.25) is 0 Å². The van der Waals surface area contributed by atoms with E-state index in [1.54, 1.807) is 24.9 Å². The zero-order valence-corrected chi connectivity index (χ0v) is 9.31. The highest BCUT2D eigenvalue weighted by atomic mass is 16.5. The van der Waals surface area contributed by atoms with Crippen LogP contribution < -0.4 is 4.74 Å². The Morgan fingerprint density at radius 2 is 2.19 bits per heavy atom. The molecule has 0 bridgehead atoms. The first-order valence-corrected chi connectivity index (χ1v) is 4.80. The van der Waals surface area contributed by atoms with Crippen molar-refractivity contribution in [1.29, 1.82) is 0 Å². The van der Waals surface area contributed by atoms with E-state index in [9.17, 15) is 4.79 Å². The van der Waals surface area contributed by atoms with Crippen molar-refractivity contribution in [3.8, 4) is 5.75 Å². The minimum Gasteiger partial charge on any atom is -0.496 e. The summed E-state index contributed by atoms with van der Waals surface area (Å²) in [6.45, 7) is 1.83. The van der Waals surface area contributed by atoms with Gasteiger partial charge in [-0.25, -0.2) is 4.79 Å². The summed E-state index contributed by atoms with van der Waals surface area (Å²) < 4.78 is 6.78. The number of aryl methyl sites for hydroxylation is 2. The maximum Gasteiger partial charge on any atom is 0.337 e. The molecule has 84 valence electrons. The molecule has 2 aromatic rings. The molecule has 0 aliphatic carbocycles. The first-order valence-electron chi connectivity index (χ1n) is 4.80. The number of hydrogen-bond acceptors (Lipinski definition) is 3. The van der Waals surface area contributed by atoms with Gasteiger partial charge in [-0.2, -0.15) is 5.10 Å². The van der Waals surface area contributed by atoms with Crippen LogP contribution in [0.15, 0.2) is 12.1 Å². The molecule has 5 nitrogen and oxygen atoms in total. The molecule has 0 saturated carbocycles. The van der Waals surface area contributed by atoms with E-state index in [2.05, 4.69) is 5.10 Å². The summed E-state index contributed by atoms with van der Waals surface area (Å²) in [6.07, 6.45) is 0. The molecule has 0 spiro atoms. The molecule has 0 atom stereocenters. The quantitative estimate of drug-likeness (QED) is 0.834. The van der Waals surface area contributed by atoms with Crippen molar-refractivity contribution >= 4 is 16.9 Å². The Kier molecular flexibility index (Phi) is 2.30. The number of nitrogens with zero attached hydrogens (tertiary/aromatic N) is 2. The second-order valence-corrected chi connectivity index (χ2v) is 3.55. The zero-order valence-electron chi connectivity index (χ0n) is 9.31. The van der Waals surface area contributed by atoms with Crippen LogP contribution in [-0.4, -0.2) is 28.0 Å². The fourth-order valence-corrected chi connectivity index (χ4v) is 1.93. The smallest absolute Gasteiger partial charge is 0.337 e. The van der Waals surface area contributed by atoms with Crippen LogP contribution in [0.5, 0.6) is 5.75 Å². The van der Waals surface area contributed by atoms with Crippen LogP contribution in [0.1, 0.15) is 16.1 Å². The Balaban J connectivity index is 2.94. The number of carboxylic acid groups (broad SMARTS) is 1. The molecule has 0 aliphatic rings. The third-order valence-corrected chi connectivity index (χ3v) is 2.58. The third kappa shape index (κ3) is 1.32. The normalized spacial score (nSPS) is 10.7. The zero-order chi connectivity index (χ0) is 11.9. The number of methoxy groups -OCH3 is 1. The van der Waals surface area contributed by atoms with Gasteiger partial charge in [0.15, 0.2) is 0 Å². The van der Waals surface area contributed by atoms with Gasteiger partial charge in [0.05, 0.1) is 29.3 Å². The van der Waals surface area contributed by atoms with Gasteiger partial charge in [-0.05, 0) is 19.1 Å². The van der Waals surface area contributed by atoms with Gasteiger partial charge in [0.25, 0.3) is 0 Å². The molecule has 0 radical (unpaired) electrons. The Morgan fingerprint density at radius 3 is 2.75 bits per heavy atom. The Morgan fingerprint density at radius 1 is 1.50 bits per heavy atom. The van der Waals surface area contributed by atoms with Crippen molar-refractivity contribution in [1.82, 2.24) is 9.78 Å². The summed E-state index contributed by atoms with van der Waals surface area (Å²) in [5, 5.41) is 14.1. The Labute approximate surface area is 92.2 Å². The van der Waals surface area contributed by atoms with Crippen LogP contribution in [-0.2, 0) is 7.05 Å². The minimum atomic E-state index is -0.962. The van der Waals surface area contributed by atoms with Crippen molar-refractivity contribution in [2.24, 2.45) is 7.05 Å². The second-order valence-electron chi connectivity index (χ2n) is 3.55. The van der Waals surface area contributed by atoms with Crippen molar-refractivity contribution in [2.45, 2.75) is 6.92 Å². The number of fused-ring (bicyclic) bond motifs is 1. The lowest BCUT2D eigenvalue weighted by Gasteiger charge is -2.05. The predicted octanol–water partition coefficient (Wildman–Crippen LogP) is 1.59. The number of rotatable bonds is 2. The lowest BCUT2D eigenvalue weighted by Crippen LogP contribution is -2.01. The molecule has 0 saturated heterocycles. The van der Waals surface area contributed by atoms with Crippen LogP contribution >= 0.6 is 0 Å². The summed E-state index contributed by atoms with van der Waals surface area (Å²) in [4.78, 5) is 11.1. The molecule has 1 heterocycles. The summed E-state index contributed by atoms with van der Waals surface area (Å²) >= 11 is 0. The maximum atomic E-state index is 11.1. The van der Waals surface area contributed by atoms with Crippen molar-refractivity contribution in [2.75, 3.05) is 7.11 Å². The van der Waals surface area contributed by atoms with Gasteiger partial charge in [0.2, 0.25) is 0 Å². The van der Waals surface area contributed by atoms with E-state index in [4.69, 9.17) is 9.84 Å². The van der Waals surface area contributed by atoms with E-state index in [0.717, 1.165) is 11.1 Å². The van der Waals surface area contributed by atoms with E-state index in [-0.39, 0.29) is 5.56 Å². The molecule has 0 fully saturated rings. The number of ether oxygens (including phenoxy) is 1. The fourth-order valence-electron chi connectivity index (χ4n) is 1.93. The Bertz CT molecular complexity index is 572. The number of benzene rings is 1. The van der Waals surface area contributed by atoms with E-state index < -0.39 is 5.97 Å². The number of aromatic nitrogens is 2. The molecule has 0 aliphatic heterocycles. The monoisotopic (exact) mass is 220 g/mol. The lowest BCUT2D eigenvalue weighted by atomic mass is 10.1. The highest BCUT2D eigenvalue weighted by molar-refractivity contribution is 6.04. The molecule has 0 amide bonds. The van der Waals surface area contributed by atoms with Gasteiger partial charge in [0.1, 0.15) is 5.75 Å². The van der Waals surface area contributed by atoms with Gasteiger partial charge in [-0.1, -0.05) is 0 Å². The van der Waals surface area contributed by atoms with Crippen LogP contribution in [0.3, 0.4) is 0 Å². The van der Waals surface area contributed by atoms with E-state index in [0.29, 0.717) is 11.3 Å². The molecule has 5 heteroatoms. The van der Waals surface area contributed by atoms with Gasteiger partial charge in [0, 0.05) is 7.05 Å². The lowest BCUT2D eigenvalue weighted by molar-refractivity contribution is 0.0698. The Hall–Kier alpha value is -2.04. The molecular weight excluding hydrogens is 208 g/mol. The fraction of sp³-hybridized carbons (Fsp3) is 0.273. The summed E-state index contributed by atoms with van der Waals surface area (Å²) in [6, 6.07) is 3.19. The van der Waals surface area contributed by atoms with E-state index >= 15 is 0 Å². The molecule has 16 heavy (non-hydrogen) atoms.